The van der Waals surface area contributed by atoms with E-state index in [9.17, 15) is 14.0 Å². The molecule has 6 heteroatoms. The number of likely N-dealkylation sites (tertiary alicyclic amines) is 1. The lowest BCUT2D eigenvalue weighted by atomic mass is 9.87. The number of ether oxygens (including phenoxy) is 1. The molecule has 1 aromatic carbocycles. The van der Waals surface area contributed by atoms with Crippen LogP contribution in [0.25, 0.3) is 0 Å². The van der Waals surface area contributed by atoms with Crippen LogP contribution in [0.3, 0.4) is 0 Å². The molecule has 2 atom stereocenters. The molecule has 1 fully saturated rings. The third kappa shape index (κ3) is 4.43. The number of carbonyl (C=O) groups is 2. The van der Waals surface area contributed by atoms with Gasteiger partial charge in [-0.3, -0.25) is 0 Å². The number of hydrogen-bond acceptors (Lipinski definition) is 3. The lowest BCUT2D eigenvalue weighted by molar-refractivity contribution is 0.0111. The van der Waals surface area contributed by atoms with Crippen LogP contribution in [0.15, 0.2) is 24.3 Å². The molecule has 0 aliphatic carbocycles. The highest BCUT2D eigenvalue weighted by Gasteiger charge is 2.34. The van der Waals surface area contributed by atoms with Crippen molar-refractivity contribution in [2.45, 2.75) is 44.9 Å². The molecule has 1 saturated heterocycles. The van der Waals surface area contributed by atoms with Crippen molar-refractivity contribution in [3.63, 3.8) is 0 Å². The minimum atomic E-state index is -1.20. The van der Waals surface area contributed by atoms with Gasteiger partial charge in [0.1, 0.15) is 11.8 Å². The molecule has 126 valence electrons. The minimum absolute atomic E-state index is 0.0136. The van der Waals surface area contributed by atoms with E-state index in [1.807, 2.05) is 0 Å². The Morgan fingerprint density at radius 2 is 1.87 bits per heavy atom. The van der Waals surface area contributed by atoms with Crippen molar-refractivity contribution in [1.29, 1.82) is 0 Å². The molecular formula is C17H22FNO4. The molecule has 1 aromatic rings. The van der Waals surface area contributed by atoms with Gasteiger partial charge in [-0.2, -0.15) is 0 Å². The summed E-state index contributed by atoms with van der Waals surface area (Å²) in [5, 5.41) is 8.89. The first kappa shape index (κ1) is 17.2. The molecule has 0 radical (unpaired) electrons. The number of rotatable bonds is 2. The highest BCUT2D eigenvalue weighted by atomic mass is 19.1. The van der Waals surface area contributed by atoms with Crippen LogP contribution in [0.5, 0.6) is 0 Å². The van der Waals surface area contributed by atoms with Crippen LogP contribution in [0.4, 0.5) is 9.18 Å². The van der Waals surface area contributed by atoms with Crippen LogP contribution in [0.1, 0.15) is 49.0 Å². The van der Waals surface area contributed by atoms with E-state index >= 15 is 0 Å². The van der Waals surface area contributed by atoms with E-state index in [0.717, 1.165) is 5.56 Å². The van der Waals surface area contributed by atoms with E-state index in [0.29, 0.717) is 13.0 Å². The molecule has 23 heavy (non-hydrogen) atoms. The highest BCUT2D eigenvalue weighted by molar-refractivity contribution is 5.87. The number of benzene rings is 1. The molecule has 2 rings (SSSR count). The number of hydrogen-bond donors (Lipinski definition) is 1. The Balaban J connectivity index is 2.01. The normalized spacial score (nSPS) is 21.8. The van der Waals surface area contributed by atoms with Crippen molar-refractivity contribution in [3.05, 3.63) is 35.4 Å². The summed E-state index contributed by atoms with van der Waals surface area (Å²) in [5.41, 5.74) is 0.327. The Kier molecular flexibility index (Phi) is 4.92. The summed E-state index contributed by atoms with van der Waals surface area (Å²) >= 11 is 0. The fourth-order valence-electron chi connectivity index (χ4n) is 2.65. The molecule has 0 spiro atoms. The monoisotopic (exact) mass is 323 g/mol. The van der Waals surface area contributed by atoms with Gasteiger partial charge in [-0.15, -0.1) is 0 Å². The average molecular weight is 323 g/mol. The molecule has 1 aliphatic heterocycles. The standard InChI is InChI=1S/C17H22FNO4/c1-17(2,3)23-16(22)19-9-8-13(14(18)10-19)11-4-6-12(7-5-11)15(20)21/h4-7,13-14H,8-10H2,1-3H3,(H,20,21)/t13-,14-/m1/s1. The van der Waals surface area contributed by atoms with Gasteiger partial charge in [-0.05, 0) is 44.9 Å². The third-order valence-electron chi connectivity index (χ3n) is 3.78. The maximum Gasteiger partial charge on any atom is 0.410 e. The number of halogens is 1. The number of carboxylic acid groups (broad SMARTS) is 1. The number of carboxylic acids is 1. The zero-order valence-corrected chi connectivity index (χ0v) is 13.6. The number of amides is 1. The predicted octanol–water partition coefficient (Wildman–Crippen LogP) is 3.45. The van der Waals surface area contributed by atoms with Gasteiger partial charge in [0.15, 0.2) is 0 Å². The van der Waals surface area contributed by atoms with E-state index in [1.54, 1.807) is 32.9 Å². The zero-order valence-electron chi connectivity index (χ0n) is 13.6. The van der Waals surface area contributed by atoms with E-state index < -0.39 is 23.8 Å². The quantitative estimate of drug-likeness (QED) is 0.905. The van der Waals surface area contributed by atoms with Gasteiger partial charge in [0.2, 0.25) is 0 Å². The predicted molar refractivity (Wildman–Crippen MR) is 83.5 cm³/mol. The number of alkyl halides is 1. The van der Waals surface area contributed by atoms with Gasteiger partial charge in [-0.25, -0.2) is 14.0 Å². The number of carbonyl (C=O) groups excluding carboxylic acids is 1. The van der Waals surface area contributed by atoms with Crippen molar-refractivity contribution in [2.24, 2.45) is 0 Å². The van der Waals surface area contributed by atoms with E-state index in [-0.39, 0.29) is 18.0 Å². The summed E-state index contributed by atoms with van der Waals surface area (Å²) in [6, 6.07) is 6.24. The van der Waals surface area contributed by atoms with E-state index in [2.05, 4.69) is 0 Å². The Bertz CT molecular complexity index is 579. The summed E-state index contributed by atoms with van der Waals surface area (Å²) in [7, 11) is 0. The second-order valence-electron chi connectivity index (χ2n) is 6.76. The van der Waals surface area contributed by atoms with Crippen LogP contribution >= 0.6 is 0 Å². The van der Waals surface area contributed by atoms with Gasteiger partial charge in [0, 0.05) is 12.5 Å². The molecular weight excluding hydrogens is 301 g/mol. The topological polar surface area (TPSA) is 66.8 Å². The van der Waals surface area contributed by atoms with Crippen molar-refractivity contribution >= 4 is 12.1 Å². The van der Waals surface area contributed by atoms with Crippen molar-refractivity contribution in [2.75, 3.05) is 13.1 Å². The lowest BCUT2D eigenvalue weighted by Gasteiger charge is -2.35. The van der Waals surface area contributed by atoms with Gasteiger partial charge < -0.3 is 14.7 Å². The van der Waals surface area contributed by atoms with Gasteiger partial charge in [0.25, 0.3) is 0 Å². The number of aromatic carboxylic acids is 1. The Hall–Kier alpha value is -2.11. The first-order valence-corrected chi connectivity index (χ1v) is 7.62. The van der Waals surface area contributed by atoms with Gasteiger partial charge in [0.05, 0.1) is 12.1 Å². The van der Waals surface area contributed by atoms with Gasteiger partial charge in [-0.1, -0.05) is 12.1 Å². The molecule has 1 N–H and O–H groups in total. The molecule has 0 unspecified atom stereocenters. The third-order valence-corrected chi connectivity index (χ3v) is 3.78. The number of nitrogens with zero attached hydrogens (tertiary/aromatic N) is 1. The molecule has 0 aromatic heterocycles. The SMILES string of the molecule is CC(C)(C)OC(=O)N1CC[C@H](c2ccc(C(=O)O)cc2)[C@H](F)C1. The van der Waals surface area contributed by atoms with E-state index in [4.69, 9.17) is 9.84 Å². The number of piperidine rings is 1. The van der Waals surface area contributed by atoms with Crippen LogP contribution < -0.4 is 0 Å². The largest absolute Gasteiger partial charge is 0.478 e. The van der Waals surface area contributed by atoms with Crippen molar-refractivity contribution in [1.82, 2.24) is 4.90 Å². The molecule has 1 heterocycles. The van der Waals surface area contributed by atoms with Crippen LogP contribution in [-0.4, -0.2) is 46.9 Å². The summed E-state index contributed by atoms with van der Waals surface area (Å²) in [6.45, 7) is 5.72. The second-order valence-corrected chi connectivity index (χ2v) is 6.76. The van der Waals surface area contributed by atoms with E-state index in [1.165, 1.54) is 17.0 Å². The Morgan fingerprint density at radius 1 is 1.26 bits per heavy atom. The smallest absolute Gasteiger partial charge is 0.410 e. The van der Waals surface area contributed by atoms with Crippen LogP contribution in [0, 0.1) is 0 Å². The molecule has 5 nitrogen and oxygen atoms in total. The summed E-state index contributed by atoms with van der Waals surface area (Å²) in [4.78, 5) is 24.2. The lowest BCUT2D eigenvalue weighted by Crippen LogP contribution is -2.46. The minimum Gasteiger partial charge on any atom is -0.478 e. The maximum atomic E-state index is 14.5. The zero-order chi connectivity index (χ0) is 17.2. The average Bonchev–Trinajstić information content (AvgIpc) is 2.45. The summed E-state index contributed by atoms with van der Waals surface area (Å²) in [6.07, 6.45) is -1.22. The molecule has 1 amide bonds. The van der Waals surface area contributed by atoms with Gasteiger partial charge >= 0.3 is 12.1 Å². The van der Waals surface area contributed by atoms with Crippen molar-refractivity contribution in [3.8, 4) is 0 Å². The second kappa shape index (κ2) is 6.56. The fourth-order valence-corrected chi connectivity index (χ4v) is 2.65. The first-order valence-electron chi connectivity index (χ1n) is 7.62. The highest BCUT2D eigenvalue weighted by Crippen LogP contribution is 2.31. The molecule has 0 bridgehead atoms. The Labute approximate surface area is 135 Å². The summed E-state index contributed by atoms with van der Waals surface area (Å²) in [5.74, 6) is -1.34. The Morgan fingerprint density at radius 3 is 2.35 bits per heavy atom. The fraction of sp³-hybridized carbons (Fsp3) is 0.529. The maximum absolute atomic E-state index is 14.5. The van der Waals surface area contributed by atoms with Crippen LogP contribution in [0.2, 0.25) is 0 Å². The molecule has 0 saturated carbocycles. The first-order chi connectivity index (χ1) is 10.7. The molecule has 1 aliphatic rings. The van der Waals surface area contributed by atoms with Crippen molar-refractivity contribution < 1.29 is 23.8 Å². The van der Waals surface area contributed by atoms with Crippen LogP contribution in [-0.2, 0) is 4.74 Å². The summed E-state index contributed by atoms with van der Waals surface area (Å²) < 4.78 is 19.7.